The molecule has 0 saturated carbocycles. The molecule has 0 aliphatic heterocycles. The van der Waals surface area contributed by atoms with Crippen LogP contribution < -0.4 is 5.73 Å². The lowest BCUT2D eigenvalue weighted by atomic mass is 9.81. The van der Waals surface area contributed by atoms with Crippen molar-refractivity contribution in [1.29, 1.82) is 0 Å². The Morgan fingerprint density at radius 1 is 1.42 bits per heavy atom. The summed E-state index contributed by atoms with van der Waals surface area (Å²) < 4.78 is 0. The lowest BCUT2D eigenvalue weighted by Gasteiger charge is -2.33. The van der Waals surface area contributed by atoms with Gasteiger partial charge in [-0.1, -0.05) is 13.8 Å². The average Bonchev–Trinajstić information content (AvgIpc) is 2.84. The number of nitrogens with zero attached hydrogens (tertiary/aromatic N) is 2. The highest BCUT2D eigenvalue weighted by Crippen LogP contribution is 2.27. The molecule has 0 fully saturated rings. The van der Waals surface area contributed by atoms with Crippen LogP contribution in [0, 0.1) is 5.41 Å². The predicted molar refractivity (Wildman–Crippen MR) is 85.2 cm³/mol. The zero-order chi connectivity index (χ0) is 12.9. The van der Waals surface area contributed by atoms with Gasteiger partial charge in [0, 0.05) is 19.0 Å². The predicted octanol–water partition coefficient (Wildman–Crippen LogP) is 2.71. The Bertz CT molecular complexity index is 348. The van der Waals surface area contributed by atoms with Crippen LogP contribution in [-0.4, -0.2) is 29.4 Å². The summed E-state index contributed by atoms with van der Waals surface area (Å²) in [6.07, 6.45) is 1.56. The zero-order valence-electron chi connectivity index (χ0n) is 11.6. The topological polar surface area (TPSA) is 59.2 Å². The average molecular weight is 328 g/mol. The molecule has 19 heavy (non-hydrogen) atoms. The van der Waals surface area contributed by atoms with Gasteiger partial charge in [0.25, 0.3) is 0 Å². The maximum Gasteiger partial charge on any atom is 0.230 e. The number of halogens is 2. The summed E-state index contributed by atoms with van der Waals surface area (Å²) in [6, 6.07) is 0. The molecule has 0 aliphatic carbocycles. The molecule has 0 spiro atoms. The number of thiazole rings is 1. The molecular weight excluding hydrogens is 305 g/mol. The molecule has 1 aromatic heterocycles. The molecule has 0 atom stereocenters. The van der Waals surface area contributed by atoms with Gasteiger partial charge in [0.15, 0.2) is 0 Å². The van der Waals surface area contributed by atoms with Gasteiger partial charge in [-0.05, 0) is 12.8 Å². The lowest BCUT2D eigenvalue weighted by Crippen LogP contribution is -2.45. The Morgan fingerprint density at radius 3 is 2.37 bits per heavy atom. The highest BCUT2D eigenvalue weighted by Gasteiger charge is 2.35. The fourth-order valence-corrected chi connectivity index (χ4v) is 2.51. The number of amides is 1. The minimum atomic E-state index is -0.412. The van der Waals surface area contributed by atoms with Gasteiger partial charge >= 0.3 is 0 Å². The third kappa shape index (κ3) is 4.91. The zero-order valence-corrected chi connectivity index (χ0v) is 14.0. The van der Waals surface area contributed by atoms with Gasteiger partial charge < -0.3 is 10.6 Å². The van der Waals surface area contributed by atoms with Crippen molar-refractivity contribution in [2.75, 3.05) is 13.6 Å². The van der Waals surface area contributed by atoms with Crippen LogP contribution in [0.25, 0.3) is 0 Å². The number of hydrogen-bond acceptors (Lipinski definition) is 4. The van der Waals surface area contributed by atoms with Crippen molar-refractivity contribution in [3.8, 4) is 0 Å². The normalized spacial score (nSPS) is 10.3. The molecule has 112 valence electrons. The summed E-state index contributed by atoms with van der Waals surface area (Å²) >= 11 is 1.54. The fraction of sp³-hybridized carbons (Fsp3) is 0.667. The first-order valence-electron chi connectivity index (χ1n) is 5.92. The summed E-state index contributed by atoms with van der Waals surface area (Å²) in [5.74, 6) is 0.123. The number of rotatable bonds is 6. The Balaban J connectivity index is 0. The Morgan fingerprint density at radius 2 is 2.00 bits per heavy atom. The van der Waals surface area contributed by atoms with Crippen molar-refractivity contribution >= 4 is 42.1 Å². The molecule has 0 saturated heterocycles. The molecule has 4 nitrogen and oxygen atoms in total. The SMILES string of the molecule is CCC(CC)(CN)C(=O)N(C)Cc1cscn1.Cl.Cl. The van der Waals surface area contributed by atoms with Crippen LogP contribution in [0.1, 0.15) is 32.4 Å². The van der Waals surface area contributed by atoms with E-state index >= 15 is 0 Å². The highest BCUT2D eigenvalue weighted by atomic mass is 35.5. The van der Waals surface area contributed by atoms with Crippen molar-refractivity contribution in [3.05, 3.63) is 16.6 Å². The molecule has 0 radical (unpaired) electrons. The quantitative estimate of drug-likeness (QED) is 0.873. The summed E-state index contributed by atoms with van der Waals surface area (Å²) in [5.41, 5.74) is 8.08. The smallest absolute Gasteiger partial charge is 0.230 e. The highest BCUT2D eigenvalue weighted by molar-refractivity contribution is 7.07. The van der Waals surface area contributed by atoms with Crippen molar-refractivity contribution in [1.82, 2.24) is 9.88 Å². The van der Waals surface area contributed by atoms with Crippen LogP contribution in [-0.2, 0) is 11.3 Å². The third-order valence-electron chi connectivity index (χ3n) is 3.43. The molecular formula is C12H23Cl2N3OS. The molecule has 7 heteroatoms. The van der Waals surface area contributed by atoms with Gasteiger partial charge in [0.1, 0.15) is 0 Å². The van der Waals surface area contributed by atoms with Crippen molar-refractivity contribution in [3.63, 3.8) is 0 Å². The van der Waals surface area contributed by atoms with Crippen LogP contribution in [0.5, 0.6) is 0 Å². The van der Waals surface area contributed by atoms with Crippen molar-refractivity contribution in [2.24, 2.45) is 11.1 Å². The van der Waals surface area contributed by atoms with Crippen LogP contribution in [0.2, 0.25) is 0 Å². The molecule has 0 unspecified atom stereocenters. The van der Waals surface area contributed by atoms with Crippen molar-refractivity contribution < 1.29 is 4.79 Å². The van der Waals surface area contributed by atoms with Crippen molar-refractivity contribution in [2.45, 2.75) is 33.2 Å². The second-order valence-corrected chi connectivity index (χ2v) is 5.05. The van der Waals surface area contributed by atoms with Crippen LogP contribution in [0.4, 0.5) is 0 Å². The van der Waals surface area contributed by atoms with E-state index in [-0.39, 0.29) is 30.7 Å². The third-order valence-corrected chi connectivity index (χ3v) is 4.06. The minimum absolute atomic E-state index is 0. The molecule has 1 aromatic rings. The number of aromatic nitrogens is 1. The van der Waals surface area contributed by atoms with Gasteiger partial charge in [-0.15, -0.1) is 36.2 Å². The standard InChI is InChI=1S/C12H21N3OS.2ClH/c1-4-12(5-2,8-13)11(16)15(3)6-10-7-17-9-14-10;;/h7,9H,4-6,8,13H2,1-3H3;2*1H. The fourth-order valence-electron chi connectivity index (χ4n) is 1.96. The van der Waals surface area contributed by atoms with E-state index in [1.165, 1.54) is 0 Å². The molecule has 0 bridgehead atoms. The maximum absolute atomic E-state index is 12.4. The number of carbonyl (C=O) groups excluding carboxylic acids is 1. The van der Waals surface area contributed by atoms with Gasteiger partial charge in [-0.25, -0.2) is 4.98 Å². The molecule has 0 aromatic carbocycles. The number of nitrogens with two attached hydrogens (primary N) is 1. The van der Waals surface area contributed by atoms with E-state index in [4.69, 9.17) is 5.73 Å². The second-order valence-electron chi connectivity index (χ2n) is 4.33. The second kappa shape index (κ2) is 9.53. The van der Waals surface area contributed by atoms with E-state index in [0.717, 1.165) is 18.5 Å². The molecule has 1 rings (SSSR count). The lowest BCUT2D eigenvalue weighted by molar-refractivity contribution is -0.141. The van der Waals surface area contributed by atoms with Gasteiger partial charge in [0.05, 0.1) is 23.2 Å². The van der Waals surface area contributed by atoms with Gasteiger partial charge in [0.2, 0.25) is 5.91 Å². The number of hydrogen-bond donors (Lipinski definition) is 1. The minimum Gasteiger partial charge on any atom is -0.339 e. The maximum atomic E-state index is 12.4. The monoisotopic (exact) mass is 327 g/mol. The largest absolute Gasteiger partial charge is 0.339 e. The van der Waals surface area contributed by atoms with E-state index in [0.29, 0.717) is 13.1 Å². The van der Waals surface area contributed by atoms with E-state index in [2.05, 4.69) is 4.98 Å². The Hall–Kier alpha value is -0.360. The van der Waals surface area contributed by atoms with Gasteiger partial charge in [-0.2, -0.15) is 0 Å². The summed E-state index contributed by atoms with van der Waals surface area (Å²) in [4.78, 5) is 18.3. The summed E-state index contributed by atoms with van der Waals surface area (Å²) in [7, 11) is 1.82. The molecule has 2 N–H and O–H groups in total. The molecule has 1 heterocycles. The first-order chi connectivity index (χ1) is 8.09. The van der Waals surface area contributed by atoms with E-state index in [9.17, 15) is 4.79 Å². The van der Waals surface area contributed by atoms with Crippen LogP contribution in [0.3, 0.4) is 0 Å². The first-order valence-corrected chi connectivity index (χ1v) is 6.86. The number of carbonyl (C=O) groups is 1. The van der Waals surface area contributed by atoms with E-state index < -0.39 is 5.41 Å². The summed E-state index contributed by atoms with van der Waals surface area (Å²) in [5, 5.41) is 1.96. The molecule has 1 amide bonds. The van der Waals surface area contributed by atoms with E-state index in [1.807, 2.05) is 26.3 Å². The van der Waals surface area contributed by atoms with Crippen LogP contribution in [0.15, 0.2) is 10.9 Å². The van der Waals surface area contributed by atoms with E-state index in [1.54, 1.807) is 21.7 Å². The Kier molecular flexibility index (Phi) is 10.5. The van der Waals surface area contributed by atoms with Gasteiger partial charge in [-0.3, -0.25) is 4.79 Å². The Labute approximate surface area is 131 Å². The summed E-state index contributed by atoms with van der Waals surface area (Å²) in [6.45, 7) is 5.00. The van der Waals surface area contributed by atoms with Crippen LogP contribution >= 0.6 is 36.2 Å². The molecule has 0 aliphatic rings. The first kappa shape index (κ1) is 20.9.